The molecule has 0 aromatic carbocycles. The first-order valence-corrected chi connectivity index (χ1v) is 7.16. The van der Waals surface area contributed by atoms with E-state index in [1.54, 1.807) is 0 Å². The lowest BCUT2D eigenvalue weighted by atomic mass is 9.79. The molecule has 1 aliphatic carbocycles. The second-order valence-electron chi connectivity index (χ2n) is 7.90. The van der Waals surface area contributed by atoms with Gasteiger partial charge in [0.25, 0.3) is 0 Å². The fourth-order valence-corrected chi connectivity index (χ4v) is 3.24. The molecule has 0 atom stereocenters. The van der Waals surface area contributed by atoms with E-state index < -0.39 is 0 Å². The minimum atomic E-state index is 0.0490. The minimum Gasteiger partial charge on any atom is -0.324 e. The molecule has 102 valence electrons. The van der Waals surface area contributed by atoms with Crippen LogP contribution in [0.2, 0.25) is 0 Å². The van der Waals surface area contributed by atoms with Gasteiger partial charge in [-0.25, -0.2) is 0 Å². The zero-order valence-electron chi connectivity index (χ0n) is 12.5. The summed E-state index contributed by atoms with van der Waals surface area (Å²) in [6.07, 6.45) is 7.52. The van der Waals surface area contributed by atoms with E-state index in [-0.39, 0.29) is 11.1 Å². The predicted octanol–water partition coefficient (Wildman–Crippen LogP) is 3.45. The lowest BCUT2D eigenvalue weighted by Gasteiger charge is -2.39. The lowest BCUT2D eigenvalue weighted by Crippen LogP contribution is -2.55. The summed E-state index contributed by atoms with van der Waals surface area (Å²) >= 11 is 0. The van der Waals surface area contributed by atoms with E-state index in [0.29, 0.717) is 5.41 Å². The van der Waals surface area contributed by atoms with Crippen molar-refractivity contribution >= 4 is 0 Å². The van der Waals surface area contributed by atoms with E-state index in [0.717, 1.165) is 6.54 Å². The smallest absolute Gasteiger partial charge is 0.0281 e. The molecule has 17 heavy (non-hydrogen) atoms. The van der Waals surface area contributed by atoms with E-state index in [4.69, 9.17) is 5.73 Å². The molecule has 0 heterocycles. The van der Waals surface area contributed by atoms with E-state index >= 15 is 0 Å². The third kappa shape index (κ3) is 5.87. The normalized spacial score (nSPS) is 21.5. The van der Waals surface area contributed by atoms with Crippen molar-refractivity contribution in [2.24, 2.45) is 11.1 Å². The highest BCUT2D eigenvalue weighted by Gasteiger charge is 2.31. The number of hydrogen-bond acceptors (Lipinski definition) is 2. The van der Waals surface area contributed by atoms with Gasteiger partial charge >= 0.3 is 0 Å². The molecule has 3 N–H and O–H groups in total. The Morgan fingerprint density at radius 3 is 2.00 bits per heavy atom. The van der Waals surface area contributed by atoms with Crippen molar-refractivity contribution in [3.63, 3.8) is 0 Å². The Hall–Kier alpha value is -0.0800. The SMILES string of the molecule is CC(C)(C)CC(C)(C)NCC1(N)CCCCC1. The van der Waals surface area contributed by atoms with Crippen molar-refractivity contribution in [1.82, 2.24) is 5.32 Å². The van der Waals surface area contributed by atoms with Crippen molar-refractivity contribution in [2.75, 3.05) is 6.54 Å². The van der Waals surface area contributed by atoms with Crippen LogP contribution in [0.4, 0.5) is 0 Å². The first-order chi connectivity index (χ1) is 7.62. The molecule has 0 spiro atoms. The Kier molecular flexibility index (Phi) is 4.65. The topological polar surface area (TPSA) is 38.0 Å². The summed E-state index contributed by atoms with van der Waals surface area (Å²) in [6.45, 7) is 12.5. The molecule has 0 amide bonds. The Labute approximate surface area is 108 Å². The lowest BCUT2D eigenvalue weighted by molar-refractivity contribution is 0.205. The van der Waals surface area contributed by atoms with Crippen LogP contribution in [0, 0.1) is 5.41 Å². The molecular formula is C15H32N2. The molecule has 2 nitrogen and oxygen atoms in total. The highest BCUT2D eigenvalue weighted by molar-refractivity contribution is 4.93. The molecule has 0 unspecified atom stereocenters. The van der Waals surface area contributed by atoms with Crippen LogP contribution in [-0.4, -0.2) is 17.6 Å². The molecule has 0 aromatic heterocycles. The van der Waals surface area contributed by atoms with Gasteiger partial charge in [-0.2, -0.15) is 0 Å². The molecule has 1 fully saturated rings. The summed E-state index contributed by atoms with van der Waals surface area (Å²) in [7, 11) is 0. The highest BCUT2D eigenvalue weighted by atomic mass is 15.0. The van der Waals surface area contributed by atoms with Crippen molar-refractivity contribution in [3.8, 4) is 0 Å². The largest absolute Gasteiger partial charge is 0.324 e. The molecular weight excluding hydrogens is 208 g/mol. The number of nitrogens with two attached hydrogens (primary N) is 1. The summed E-state index contributed by atoms with van der Waals surface area (Å²) < 4.78 is 0. The average Bonchev–Trinajstić information content (AvgIpc) is 2.13. The van der Waals surface area contributed by atoms with Crippen molar-refractivity contribution in [3.05, 3.63) is 0 Å². The molecule has 2 heteroatoms. The third-order valence-electron chi connectivity index (χ3n) is 3.74. The van der Waals surface area contributed by atoms with E-state index in [1.807, 2.05) is 0 Å². The summed E-state index contributed by atoms with van der Waals surface area (Å²) in [6, 6.07) is 0. The fraction of sp³-hybridized carbons (Fsp3) is 1.00. The Balaban J connectivity index is 2.42. The van der Waals surface area contributed by atoms with Crippen molar-refractivity contribution < 1.29 is 0 Å². The Morgan fingerprint density at radius 2 is 1.53 bits per heavy atom. The van der Waals surface area contributed by atoms with Crippen LogP contribution in [0.3, 0.4) is 0 Å². The van der Waals surface area contributed by atoms with Gasteiger partial charge in [0.2, 0.25) is 0 Å². The van der Waals surface area contributed by atoms with Gasteiger partial charge in [0.1, 0.15) is 0 Å². The van der Waals surface area contributed by atoms with Gasteiger partial charge in [-0.15, -0.1) is 0 Å². The average molecular weight is 240 g/mol. The zero-order chi connectivity index (χ0) is 13.2. The molecule has 0 aliphatic heterocycles. The van der Waals surface area contributed by atoms with Crippen LogP contribution >= 0.6 is 0 Å². The van der Waals surface area contributed by atoms with Gasteiger partial charge in [0.15, 0.2) is 0 Å². The Bertz CT molecular complexity index is 232. The fourth-order valence-electron chi connectivity index (χ4n) is 3.24. The number of nitrogens with one attached hydrogen (secondary N) is 1. The summed E-state index contributed by atoms with van der Waals surface area (Å²) in [4.78, 5) is 0. The number of hydrogen-bond donors (Lipinski definition) is 2. The molecule has 0 bridgehead atoms. The quantitative estimate of drug-likeness (QED) is 0.790. The second kappa shape index (κ2) is 5.27. The highest BCUT2D eigenvalue weighted by Crippen LogP contribution is 2.29. The molecule has 0 aromatic rings. The van der Waals surface area contributed by atoms with Gasteiger partial charge in [0, 0.05) is 17.6 Å². The van der Waals surface area contributed by atoms with E-state index in [2.05, 4.69) is 39.9 Å². The third-order valence-corrected chi connectivity index (χ3v) is 3.74. The molecule has 1 rings (SSSR count). The summed E-state index contributed by atoms with van der Waals surface area (Å²) in [5.74, 6) is 0. The van der Waals surface area contributed by atoms with Crippen LogP contribution in [0.25, 0.3) is 0 Å². The van der Waals surface area contributed by atoms with Gasteiger partial charge in [-0.3, -0.25) is 0 Å². The maximum Gasteiger partial charge on any atom is 0.0281 e. The second-order valence-corrected chi connectivity index (χ2v) is 7.90. The Morgan fingerprint density at radius 1 is 1.00 bits per heavy atom. The maximum atomic E-state index is 6.47. The molecule has 0 saturated heterocycles. The van der Waals surface area contributed by atoms with Crippen LogP contribution in [0.15, 0.2) is 0 Å². The minimum absolute atomic E-state index is 0.0490. The van der Waals surface area contributed by atoms with Crippen LogP contribution in [-0.2, 0) is 0 Å². The van der Waals surface area contributed by atoms with Gasteiger partial charge in [0.05, 0.1) is 0 Å². The monoisotopic (exact) mass is 240 g/mol. The predicted molar refractivity (Wildman–Crippen MR) is 76.2 cm³/mol. The van der Waals surface area contributed by atoms with E-state index in [9.17, 15) is 0 Å². The van der Waals surface area contributed by atoms with Crippen LogP contribution in [0.5, 0.6) is 0 Å². The van der Waals surface area contributed by atoms with Crippen molar-refractivity contribution in [1.29, 1.82) is 0 Å². The van der Waals surface area contributed by atoms with Gasteiger partial charge < -0.3 is 11.1 Å². The summed E-state index contributed by atoms with van der Waals surface area (Å²) in [5.41, 5.74) is 7.07. The maximum absolute atomic E-state index is 6.47. The molecule has 1 aliphatic rings. The van der Waals surface area contributed by atoms with Crippen LogP contribution in [0.1, 0.15) is 73.1 Å². The number of rotatable bonds is 4. The standard InChI is InChI=1S/C15H32N2/c1-13(2,3)11-14(4,5)17-12-15(16)9-7-6-8-10-15/h17H,6-12,16H2,1-5H3. The van der Waals surface area contributed by atoms with Gasteiger partial charge in [-0.1, -0.05) is 40.0 Å². The first-order valence-electron chi connectivity index (χ1n) is 7.16. The van der Waals surface area contributed by atoms with Crippen molar-refractivity contribution in [2.45, 2.75) is 84.2 Å². The molecule has 0 radical (unpaired) electrons. The van der Waals surface area contributed by atoms with E-state index in [1.165, 1.54) is 38.5 Å². The zero-order valence-corrected chi connectivity index (χ0v) is 12.5. The molecule has 1 saturated carbocycles. The first kappa shape index (κ1) is 15.0. The van der Waals surface area contributed by atoms with Gasteiger partial charge in [-0.05, 0) is 38.5 Å². The van der Waals surface area contributed by atoms with Crippen LogP contribution < -0.4 is 11.1 Å². The summed E-state index contributed by atoms with van der Waals surface area (Å²) in [5, 5.41) is 3.70.